The van der Waals surface area contributed by atoms with Crippen molar-refractivity contribution in [2.45, 2.75) is 38.7 Å². The van der Waals surface area contributed by atoms with Gasteiger partial charge in [0.05, 0.1) is 29.9 Å². The highest BCUT2D eigenvalue weighted by Gasteiger charge is 2.21. The molecule has 3 rings (SSSR count). The van der Waals surface area contributed by atoms with Crippen LogP contribution in [0.1, 0.15) is 32.6 Å². The van der Waals surface area contributed by atoms with Crippen molar-refractivity contribution in [2.75, 3.05) is 18.5 Å². The molecule has 0 bridgehead atoms. The lowest BCUT2D eigenvalue weighted by atomic mass is 9.88. The molecule has 0 aliphatic heterocycles. The zero-order valence-corrected chi connectivity index (χ0v) is 12.6. The molecule has 1 aromatic heterocycles. The first-order valence-electron chi connectivity index (χ1n) is 7.90. The number of ether oxygens (including phenoxy) is 1. The van der Waals surface area contributed by atoms with Crippen LogP contribution in [0.5, 0.6) is 0 Å². The number of nitrogens with zero attached hydrogens (tertiary/aromatic N) is 2. The molecule has 1 fully saturated rings. The molecule has 2 unspecified atom stereocenters. The Morgan fingerprint density at radius 3 is 2.86 bits per heavy atom. The van der Waals surface area contributed by atoms with Crippen molar-refractivity contribution >= 4 is 16.9 Å². The highest BCUT2D eigenvalue weighted by Crippen LogP contribution is 2.26. The topological polar surface area (TPSA) is 47.0 Å². The summed E-state index contributed by atoms with van der Waals surface area (Å²) in [6.07, 6.45) is 7.38. The standard InChI is InChI=1S/C17H23N3O/c1-13-6-2-5-9-16(13)21-11-10-18-17-12-19-14-7-3-4-8-15(14)20-17/h3-4,7-8,12-13,16H,2,5-6,9-11H2,1H3,(H,18,20). The van der Waals surface area contributed by atoms with Crippen LogP contribution in [-0.2, 0) is 4.74 Å². The maximum absolute atomic E-state index is 5.99. The van der Waals surface area contributed by atoms with E-state index < -0.39 is 0 Å². The van der Waals surface area contributed by atoms with Gasteiger partial charge in [-0.3, -0.25) is 4.98 Å². The number of fused-ring (bicyclic) bond motifs is 1. The van der Waals surface area contributed by atoms with Gasteiger partial charge in [-0.25, -0.2) is 4.98 Å². The van der Waals surface area contributed by atoms with Gasteiger partial charge in [0, 0.05) is 6.54 Å². The molecule has 1 heterocycles. The Bertz CT molecular complexity index is 587. The lowest BCUT2D eigenvalue weighted by Gasteiger charge is -2.28. The smallest absolute Gasteiger partial charge is 0.145 e. The first kappa shape index (κ1) is 14.3. The van der Waals surface area contributed by atoms with Crippen LogP contribution in [0.4, 0.5) is 5.82 Å². The Balaban J connectivity index is 1.48. The van der Waals surface area contributed by atoms with Crippen LogP contribution in [0.15, 0.2) is 30.5 Å². The van der Waals surface area contributed by atoms with Crippen molar-refractivity contribution in [3.8, 4) is 0 Å². The molecule has 1 aromatic carbocycles. The highest BCUT2D eigenvalue weighted by atomic mass is 16.5. The van der Waals surface area contributed by atoms with Gasteiger partial charge in [-0.05, 0) is 30.9 Å². The summed E-state index contributed by atoms with van der Waals surface area (Å²) in [7, 11) is 0. The molecular weight excluding hydrogens is 262 g/mol. The zero-order chi connectivity index (χ0) is 14.5. The van der Waals surface area contributed by atoms with Crippen molar-refractivity contribution in [3.63, 3.8) is 0 Å². The summed E-state index contributed by atoms with van der Waals surface area (Å²) in [5.41, 5.74) is 1.85. The van der Waals surface area contributed by atoms with E-state index in [2.05, 4.69) is 22.2 Å². The van der Waals surface area contributed by atoms with E-state index in [1.165, 1.54) is 25.7 Å². The first-order chi connectivity index (χ1) is 10.3. The summed E-state index contributed by atoms with van der Waals surface area (Å²) in [6.45, 7) is 3.80. The van der Waals surface area contributed by atoms with Gasteiger partial charge in [0.25, 0.3) is 0 Å². The van der Waals surface area contributed by atoms with Gasteiger partial charge >= 0.3 is 0 Å². The van der Waals surface area contributed by atoms with Gasteiger partial charge in [0.1, 0.15) is 5.82 Å². The zero-order valence-electron chi connectivity index (χ0n) is 12.6. The Morgan fingerprint density at radius 2 is 2.00 bits per heavy atom. The molecule has 21 heavy (non-hydrogen) atoms. The Kier molecular flexibility index (Phi) is 4.65. The van der Waals surface area contributed by atoms with Crippen LogP contribution >= 0.6 is 0 Å². The van der Waals surface area contributed by atoms with Crippen LogP contribution in [0.3, 0.4) is 0 Å². The molecule has 1 saturated carbocycles. The number of hydrogen-bond donors (Lipinski definition) is 1. The van der Waals surface area contributed by atoms with E-state index >= 15 is 0 Å². The molecule has 4 nitrogen and oxygen atoms in total. The largest absolute Gasteiger partial charge is 0.376 e. The van der Waals surface area contributed by atoms with Gasteiger partial charge in [-0.2, -0.15) is 0 Å². The number of benzene rings is 1. The van der Waals surface area contributed by atoms with Crippen molar-refractivity contribution < 1.29 is 4.74 Å². The Labute approximate surface area is 125 Å². The van der Waals surface area contributed by atoms with Crippen molar-refractivity contribution in [1.29, 1.82) is 0 Å². The maximum Gasteiger partial charge on any atom is 0.145 e. The van der Waals surface area contributed by atoms with E-state index in [0.29, 0.717) is 12.0 Å². The predicted molar refractivity (Wildman–Crippen MR) is 85.4 cm³/mol. The molecule has 1 N–H and O–H groups in total. The van der Waals surface area contributed by atoms with Gasteiger partial charge in [-0.15, -0.1) is 0 Å². The van der Waals surface area contributed by atoms with Crippen LogP contribution in [0.2, 0.25) is 0 Å². The lowest BCUT2D eigenvalue weighted by molar-refractivity contribution is 0.000373. The second-order valence-electron chi connectivity index (χ2n) is 5.84. The van der Waals surface area contributed by atoms with Gasteiger partial charge in [-0.1, -0.05) is 31.9 Å². The summed E-state index contributed by atoms with van der Waals surface area (Å²) in [5, 5.41) is 3.29. The average Bonchev–Trinajstić information content (AvgIpc) is 2.53. The molecule has 0 spiro atoms. The molecule has 1 aliphatic carbocycles. The minimum absolute atomic E-state index is 0.434. The summed E-state index contributed by atoms with van der Waals surface area (Å²) in [5.74, 6) is 1.51. The summed E-state index contributed by atoms with van der Waals surface area (Å²) < 4.78 is 5.99. The molecule has 2 atom stereocenters. The second kappa shape index (κ2) is 6.85. The van der Waals surface area contributed by atoms with E-state index in [4.69, 9.17) is 4.74 Å². The van der Waals surface area contributed by atoms with E-state index in [9.17, 15) is 0 Å². The predicted octanol–water partition coefficient (Wildman–Crippen LogP) is 3.64. The van der Waals surface area contributed by atoms with Crippen LogP contribution in [0, 0.1) is 5.92 Å². The minimum atomic E-state index is 0.434. The fourth-order valence-electron chi connectivity index (χ4n) is 2.96. The normalized spacial score (nSPS) is 22.3. The lowest BCUT2D eigenvalue weighted by Crippen LogP contribution is -2.27. The second-order valence-corrected chi connectivity index (χ2v) is 5.84. The van der Waals surface area contributed by atoms with E-state index in [1.807, 2.05) is 24.3 Å². The van der Waals surface area contributed by atoms with Crippen LogP contribution < -0.4 is 5.32 Å². The minimum Gasteiger partial charge on any atom is -0.376 e. The third-order valence-corrected chi connectivity index (χ3v) is 4.22. The molecule has 1 aliphatic rings. The number of hydrogen-bond acceptors (Lipinski definition) is 4. The SMILES string of the molecule is CC1CCCCC1OCCNc1cnc2ccccc2n1. The molecule has 4 heteroatoms. The number of anilines is 1. The molecule has 2 aromatic rings. The van der Waals surface area contributed by atoms with Crippen molar-refractivity contribution in [3.05, 3.63) is 30.5 Å². The number of para-hydroxylation sites is 2. The molecule has 0 radical (unpaired) electrons. The first-order valence-corrected chi connectivity index (χ1v) is 7.90. The molecule has 0 saturated heterocycles. The molecular formula is C17H23N3O. The van der Waals surface area contributed by atoms with E-state index in [1.54, 1.807) is 6.20 Å². The Morgan fingerprint density at radius 1 is 1.19 bits per heavy atom. The summed E-state index contributed by atoms with van der Waals surface area (Å²) >= 11 is 0. The molecule has 112 valence electrons. The summed E-state index contributed by atoms with van der Waals surface area (Å²) in [6, 6.07) is 7.91. The average molecular weight is 285 g/mol. The highest BCUT2D eigenvalue weighted by molar-refractivity contribution is 5.75. The summed E-state index contributed by atoms with van der Waals surface area (Å²) in [4.78, 5) is 8.94. The Hall–Kier alpha value is -1.68. The van der Waals surface area contributed by atoms with Gasteiger partial charge in [0.15, 0.2) is 0 Å². The monoisotopic (exact) mass is 285 g/mol. The van der Waals surface area contributed by atoms with Gasteiger partial charge < -0.3 is 10.1 Å². The van der Waals surface area contributed by atoms with Gasteiger partial charge in [0.2, 0.25) is 0 Å². The number of rotatable bonds is 5. The fraction of sp³-hybridized carbons (Fsp3) is 0.529. The van der Waals surface area contributed by atoms with E-state index in [-0.39, 0.29) is 0 Å². The third-order valence-electron chi connectivity index (χ3n) is 4.22. The number of aromatic nitrogens is 2. The maximum atomic E-state index is 5.99. The quantitative estimate of drug-likeness (QED) is 0.852. The van der Waals surface area contributed by atoms with Crippen molar-refractivity contribution in [2.24, 2.45) is 5.92 Å². The van der Waals surface area contributed by atoms with Crippen LogP contribution in [0.25, 0.3) is 11.0 Å². The molecule has 0 amide bonds. The van der Waals surface area contributed by atoms with Crippen molar-refractivity contribution in [1.82, 2.24) is 9.97 Å². The fourth-order valence-corrected chi connectivity index (χ4v) is 2.96. The third kappa shape index (κ3) is 3.70. The van der Waals surface area contributed by atoms with Crippen LogP contribution in [-0.4, -0.2) is 29.2 Å². The van der Waals surface area contributed by atoms with E-state index in [0.717, 1.165) is 30.0 Å². The number of nitrogens with one attached hydrogen (secondary N) is 1.